The number of nitrogens with two attached hydrogens (primary N) is 1. The number of hydrogen-bond donors (Lipinski definition) is 1. The second-order valence-electron chi connectivity index (χ2n) is 5.14. The van der Waals surface area contributed by atoms with E-state index in [4.69, 9.17) is 5.73 Å². The summed E-state index contributed by atoms with van der Waals surface area (Å²) in [6.07, 6.45) is 1.10. The Labute approximate surface area is 125 Å². The summed E-state index contributed by atoms with van der Waals surface area (Å²) in [6, 6.07) is 5.32. The van der Waals surface area contributed by atoms with Gasteiger partial charge in [-0.15, -0.1) is 0 Å². The Kier molecular flexibility index (Phi) is 4.51. The van der Waals surface area contributed by atoms with Crippen LogP contribution in [0.2, 0.25) is 0 Å². The van der Waals surface area contributed by atoms with Crippen LogP contribution in [0.1, 0.15) is 6.42 Å². The van der Waals surface area contributed by atoms with E-state index in [1.807, 2.05) is 18.8 Å². The van der Waals surface area contributed by atoms with Crippen LogP contribution in [0.3, 0.4) is 0 Å². The molecule has 1 aromatic carbocycles. The van der Waals surface area contributed by atoms with Crippen molar-refractivity contribution in [3.05, 3.63) is 18.2 Å². The standard InChI is InChI=1S/C13H21N3O2S2/c1-15(2)20(17,18)11-4-5-12(14)13(8-11)16(3)10-6-7-19-9-10/h4-5,8,10H,6-7,9,14H2,1-3H3. The fourth-order valence-electron chi connectivity index (χ4n) is 2.22. The quantitative estimate of drug-likeness (QED) is 0.852. The van der Waals surface area contributed by atoms with Crippen LogP contribution >= 0.6 is 11.8 Å². The van der Waals surface area contributed by atoms with Crippen LogP contribution in [-0.2, 0) is 10.0 Å². The molecule has 1 aliphatic heterocycles. The molecule has 1 heterocycles. The Balaban J connectivity index is 2.39. The molecule has 0 bridgehead atoms. The third-order valence-electron chi connectivity index (χ3n) is 3.61. The van der Waals surface area contributed by atoms with E-state index >= 15 is 0 Å². The number of nitrogens with zero attached hydrogens (tertiary/aromatic N) is 2. The van der Waals surface area contributed by atoms with E-state index in [0.717, 1.165) is 23.6 Å². The first-order valence-electron chi connectivity index (χ1n) is 6.46. The van der Waals surface area contributed by atoms with Crippen molar-refractivity contribution in [1.29, 1.82) is 0 Å². The number of anilines is 2. The second kappa shape index (κ2) is 5.83. The van der Waals surface area contributed by atoms with Crippen molar-refractivity contribution >= 4 is 33.2 Å². The number of hydrogen-bond acceptors (Lipinski definition) is 5. The summed E-state index contributed by atoms with van der Waals surface area (Å²) in [5.41, 5.74) is 7.43. The predicted molar refractivity (Wildman–Crippen MR) is 85.9 cm³/mol. The molecule has 0 radical (unpaired) electrons. The fraction of sp³-hybridized carbons (Fsp3) is 0.538. The number of thioether (sulfide) groups is 1. The first-order chi connectivity index (χ1) is 9.34. The number of sulfonamides is 1. The van der Waals surface area contributed by atoms with Gasteiger partial charge >= 0.3 is 0 Å². The maximum Gasteiger partial charge on any atom is 0.242 e. The minimum Gasteiger partial charge on any atom is -0.397 e. The van der Waals surface area contributed by atoms with Gasteiger partial charge in [-0.05, 0) is 30.4 Å². The topological polar surface area (TPSA) is 66.6 Å². The Morgan fingerprint density at radius 3 is 2.55 bits per heavy atom. The van der Waals surface area contributed by atoms with Crippen LogP contribution in [0.15, 0.2) is 23.1 Å². The molecule has 0 saturated carbocycles. The van der Waals surface area contributed by atoms with E-state index in [1.165, 1.54) is 18.4 Å². The summed E-state index contributed by atoms with van der Waals surface area (Å²) < 4.78 is 25.6. The van der Waals surface area contributed by atoms with Crippen LogP contribution in [0, 0.1) is 0 Å². The van der Waals surface area contributed by atoms with Gasteiger partial charge in [-0.3, -0.25) is 0 Å². The normalized spacial score (nSPS) is 19.5. The fourth-order valence-corrected chi connectivity index (χ4v) is 4.41. The van der Waals surface area contributed by atoms with Crippen LogP contribution in [0.4, 0.5) is 11.4 Å². The van der Waals surface area contributed by atoms with Gasteiger partial charge in [0.15, 0.2) is 0 Å². The van der Waals surface area contributed by atoms with Crippen LogP contribution in [0.5, 0.6) is 0 Å². The van der Waals surface area contributed by atoms with Gasteiger partial charge in [0.1, 0.15) is 0 Å². The van der Waals surface area contributed by atoms with E-state index in [9.17, 15) is 8.42 Å². The SMILES string of the molecule is CN(c1cc(S(=O)(=O)N(C)C)ccc1N)C1CCSC1. The van der Waals surface area contributed by atoms with Gasteiger partial charge < -0.3 is 10.6 Å². The lowest BCUT2D eigenvalue weighted by atomic mass is 10.2. The third-order valence-corrected chi connectivity index (χ3v) is 6.57. The maximum absolute atomic E-state index is 12.2. The van der Waals surface area contributed by atoms with Crippen molar-refractivity contribution in [2.45, 2.75) is 17.4 Å². The molecular weight excluding hydrogens is 294 g/mol. The van der Waals surface area contributed by atoms with Crippen LogP contribution in [-0.4, -0.2) is 51.4 Å². The lowest BCUT2D eigenvalue weighted by Gasteiger charge is -2.28. The lowest BCUT2D eigenvalue weighted by Crippen LogP contribution is -2.32. The van der Waals surface area contributed by atoms with Crippen molar-refractivity contribution in [2.24, 2.45) is 0 Å². The molecule has 1 atom stereocenters. The second-order valence-corrected chi connectivity index (χ2v) is 8.44. The molecule has 0 aliphatic carbocycles. The number of nitrogen functional groups attached to an aromatic ring is 1. The minimum atomic E-state index is -3.43. The number of rotatable bonds is 4. The zero-order valence-corrected chi connectivity index (χ0v) is 13.7. The van der Waals surface area contributed by atoms with Crippen molar-refractivity contribution in [1.82, 2.24) is 4.31 Å². The van der Waals surface area contributed by atoms with E-state index in [0.29, 0.717) is 11.7 Å². The Morgan fingerprint density at radius 1 is 1.30 bits per heavy atom. The molecule has 1 saturated heterocycles. The van der Waals surface area contributed by atoms with Gasteiger partial charge in [0, 0.05) is 32.9 Å². The molecule has 20 heavy (non-hydrogen) atoms. The zero-order chi connectivity index (χ0) is 14.9. The van der Waals surface area contributed by atoms with E-state index in [-0.39, 0.29) is 4.90 Å². The number of benzene rings is 1. The molecule has 7 heteroatoms. The van der Waals surface area contributed by atoms with Crippen molar-refractivity contribution < 1.29 is 8.42 Å². The molecule has 0 spiro atoms. The van der Waals surface area contributed by atoms with Gasteiger partial charge in [0.2, 0.25) is 10.0 Å². The molecule has 112 valence electrons. The lowest BCUT2D eigenvalue weighted by molar-refractivity contribution is 0.520. The largest absolute Gasteiger partial charge is 0.397 e. The van der Waals surface area contributed by atoms with E-state index < -0.39 is 10.0 Å². The van der Waals surface area contributed by atoms with Gasteiger partial charge in [0.05, 0.1) is 16.3 Å². The Morgan fingerprint density at radius 2 is 2.00 bits per heavy atom. The smallest absolute Gasteiger partial charge is 0.242 e. The van der Waals surface area contributed by atoms with Gasteiger partial charge in [-0.1, -0.05) is 0 Å². The summed E-state index contributed by atoms with van der Waals surface area (Å²) in [7, 11) is 1.61. The predicted octanol–water partition coefficient (Wildman–Crippen LogP) is 1.46. The molecule has 1 fully saturated rings. The third kappa shape index (κ3) is 2.89. The molecule has 0 amide bonds. The molecule has 2 rings (SSSR count). The molecule has 1 aromatic rings. The first kappa shape index (κ1) is 15.5. The highest BCUT2D eigenvalue weighted by Gasteiger charge is 2.24. The highest BCUT2D eigenvalue weighted by molar-refractivity contribution is 7.99. The average molecular weight is 315 g/mol. The minimum absolute atomic E-state index is 0.282. The molecule has 1 unspecified atom stereocenters. The molecule has 0 aromatic heterocycles. The summed E-state index contributed by atoms with van der Waals surface area (Å²) in [4.78, 5) is 2.38. The van der Waals surface area contributed by atoms with Crippen molar-refractivity contribution in [3.63, 3.8) is 0 Å². The van der Waals surface area contributed by atoms with Gasteiger partial charge in [-0.25, -0.2) is 12.7 Å². The average Bonchev–Trinajstić information content (AvgIpc) is 2.92. The monoisotopic (exact) mass is 315 g/mol. The Bertz CT molecular complexity index is 581. The highest BCUT2D eigenvalue weighted by atomic mass is 32.2. The van der Waals surface area contributed by atoms with Crippen molar-refractivity contribution in [3.8, 4) is 0 Å². The van der Waals surface area contributed by atoms with E-state index in [1.54, 1.807) is 18.2 Å². The van der Waals surface area contributed by atoms with Gasteiger partial charge in [0.25, 0.3) is 0 Å². The molecule has 5 nitrogen and oxygen atoms in total. The van der Waals surface area contributed by atoms with E-state index in [2.05, 4.69) is 4.90 Å². The molecule has 2 N–H and O–H groups in total. The highest BCUT2D eigenvalue weighted by Crippen LogP contribution is 2.31. The molecular formula is C13H21N3O2S2. The van der Waals surface area contributed by atoms with Crippen LogP contribution < -0.4 is 10.6 Å². The van der Waals surface area contributed by atoms with Crippen molar-refractivity contribution in [2.75, 3.05) is 43.3 Å². The Hall–Kier alpha value is -0.920. The summed E-state index contributed by atoms with van der Waals surface area (Å²) >= 11 is 1.92. The zero-order valence-electron chi connectivity index (χ0n) is 12.0. The summed E-state index contributed by atoms with van der Waals surface area (Å²) in [5, 5.41) is 0. The van der Waals surface area contributed by atoms with Gasteiger partial charge in [-0.2, -0.15) is 11.8 Å². The molecule has 1 aliphatic rings. The maximum atomic E-state index is 12.2. The summed E-state index contributed by atoms with van der Waals surface area (Å²) in [5.74, 6) is 2.20. The first-order valence-corrected chi connectivity index (χ1v) is 9.06. The summed E-state index contributed by atoms with van der Waals surface area (Å²) in [6.45, 7) is 0. The van der Waals surface area contributed by atoms with Crippen LogP contribution in [0.25, 0.3) is 0 Å².